The van der Waals surface area contributed by atoms with E-state index in [-0.39, 0.29) is 12.1 Å². The summed E-state index contributed by atoms with van der Waals surface area (Å²) in [4.78, 5) is 18.9. The van der Waals surface area contributed by atoms with Crippen molar-refractivity contribution in [1.82, 2.24) is 15.6 Å². The molecule has 0 spiro atoms. The first-order valence-corrected chi connectivity index (χ1v) is 9.49. The van der Waals surface area contributed by atoms with Crippen molar-refractivity contribution >= 4 is 22.8 Å². The van der Waals surface area contributed by atoms with Gasteiger partial charge in [-0.25, -0.2) is 9.78 Å². The maximum Gasteiger partial charge on any atom is 0.315 e. The summed E-state index contributed by atoms with van der Waals surface area (Å²) in [6.45, 7) is 5.43. The second-order valence-corrected chi connectivity index (χ2v) is 6.86. The average Bonchev–Trinajstić information content (AvgIpc) is 3.18. The van der Waals surface area contributed by atoms with Crippen LogP contribution in [0, 0.1) is 0 Å². The van der Waals surface area contributed by atoms with Crippen LogP contribution in [-0.4, -0.2) is 37.3 Å². The fourth-order valence-corrected chi connectivity index (χ4v) is 3.25. The maximum absolute atomic E-state index is 12.3. The Kier molecular flexibility index (Phi) is 5.43. The van der Waals surface area contributed by atoms with E-state index in [1.807, 2.05) is 49.4 Å². The number of nitrogens with one attached hydrogen (secondary N) is 2. The van der Waals surface area contributed by atoms with Gasteiger partial charge < -0.3 is 24.7 Å². The third-order valence-electron chi connectivity index (χ3n) is 4.82. The molecule has 2 amide bonds. The summed E-state index contributed by atoms with van der Waals surface area (Å²) in [5.41, 5.74) is 1.82. The van der Waals surface area contributed by atoms with E-state index in [4.69, 9.17) is 9.15 Å². The number of carbonyl (C=O) groups is 1. The Bertz CT molecular complexity index is 916. The fourth-order valence-electron chi connectivity index (χ4n) is 3.25. The lowest BCUT2D eigenvalue weighted by Gasteiger charge is -2.28. The van der Waals surface area contributed by atoms with E-state index in [0.717, 1.165) is 41.2 Å². The van der Waals surface area contributed by atoms with E-state index in [0.29, 0.717) is 19.8 Å². The van der Waals surface area contributed by atoms with Crippen LogP contribution in [-0.2, 0) is 11.3 Å². The molecular formula is C21H24N4O3. The maximum atomic E-state index is 12.3. The summed E-state index contributed by atoms with van der Waals surface area (Å²) in [6, 6.07) is 13.2. The Morgan fingerprint density at radius 1 is 1.21 bits per heavy atom. The van der Waals surface area contributed by atoms with Gasteiger partial charge in [0.15, 0.2) is 0 Å². The van der Waals surface area contributed by atoms with Gasteiger partial charge in [0.25, 0.3) is 0 Å². The zero-order valence-electron chi connectivity index (χ0n) is 15.9. The number of fused-ring (bicyclic) bond motifs is 1. The van der Waals surface area contributed by atoms with Crippen LogP contribution in [0.25, 0.3) is 11.0 Å². The van der Waals surface area contributed by atoms with Crippen LogP contribution in [0.15, 0.2) is 53.1 Å². The van der Waals surface area contributed by atoms with Crippen molar-refractivity contribution in [3.8, 4) is 0 Å². The van der Waals surface area contributed by atoms with Crippen molar-refractivity contribution in [2.75, 3.05) is 31.2 Å². The number of ether oxygens (including phenoxy) is 1. The molecule has 1 saturated heterocycles. The number of furan rings is 1. The molecule has 0 aliphatic carbocycles. The van der Waals surface area contributed by atoms with E-state index in [1.165, 1.54) is 0 Å². The van der Waals surface area contributed by atoms with Gasteiger partial charge in [-0.2, -0.15) is 0 Å². The molecule has 4 rings (SSSR count). The number of pyridine rings is 1. The highest BCUT2D eigenvalue weighted by Gasteiger charge is 2.15. The number of morpholine rings is 1. The first-order chi connectivity index (χ1) is 13.7. The molecule has 28 heavy (non-hydrogen) atoms. The molecule has 0 radical (unpaired) electrons. The van der Waals surface area contributed by atoms with E-state index in [1.54, 1.807) is 6.20 Å². The molecular weight excluding hydrogens is 356 g/mol. The molecule has 7 nitrogen and oxygen atoms in total. The van der Waals surface area contributed by atoms with Crippen molar-refractivity contribution in [2.45, 2.75) is 19.5 Å². The fraction of sp³-hybridized carbons (Fsp3) is 0.333. The quantitative estimate of drug-likeness (QED) is 0.710. The summed E-state index contributed by atoms with van der Waals surface area (Å²) in [5.74, 6) is 1.65. The van der Waals surface area contributed by atoms with Crippen molar-refractivity contribution < 1.29 is 13.9 Å². The van der Waals surface area contributed by atoms with Crippen LogP contribution >= 0.6 is 0 Å². The molecule has 1 aliphatic rings. The number of anilines is 1. The second-order valence-electron chi connectivity index (χ2n) is 6.86. The average molecular weight is 380 g/mol. The molecule has 1 atom stereocenters. The number of amides is 2. The highest BCUT2D eigenvalue weighted by molar-refractivity contribution is 5.78. The number of rotatable bonds is 5. The van der Waals surface area contributed by atoms with Gasteiger partial charge in [0, 0.05) is 31.2 Å². The summed E-state index contributed by atoms with van der Waals surface area (Å²) in [7, 11) is 0. The first-order valence-electron chi connectivity index (χ1n) is 9.49. The molecule has 7 heteroatoms. The Morgan fingerprint density at radius 2 is 2.04 bits per heavy atom. The number of carbonyl (C=O) groups excluding carboxylic acids is 1. The monoisotopic (exact) mass is 380 g/mol. The molecule has 146 valence electrons. The van der Waals surface area contributed by atoms with Crippen LogP contribution < -0.4 is 15.5 Å². The molecule has 3 aromatic rings. The van der Waals surface area contributed by atoms with E-state index < -0.39 is 0 Å². The largest absolute Gasteiger partial charge is 0.459 e. The Balaban J connectivity index is 1.32. The first kappa shape index (κ1) is 18.3. The van der Waals surface area contributed by atoms with Gasteiger partial charge in [0.2, 0.25) is 0 Å². The smallest absolute Gasteiger partial charge is 0.315 e. The standard InChI is InChI=1S/C21H24N4O3/c1-15(19-13-17-4-2-3-5-18(17)28-19)24-21(26)23-14-16-6-7-22-20(12-16)25-8-10-27-11-9-25/h2-7,12-13,15H,8-11,14H2,1H3,(H2,23,24,26)/t15-/m1/s1. The Morgan fingerprint density at radius 3 is 2.86 bits per heavy atom. The van der Waals surface area contributed by atoms with Crippen molar-refractivity contribution in [2.24, 2.45) is 0 Å². The second kappa shape index (κ2) is 8.31. The number of hydrogen-bond donors (Lipinski definition) is 2. The van der Waals surface area contributed by atoms with E-state index in [2.05, 4.69) is 20.5 Å². The molecule has 1 aliphatic heterocycles. The third kappa shape index (κ3) is 4.26. The highest BCUT2D eigenvalue weighted by atomic mass is 16.5. The van der Waals surface area contributed by atoms with Crippen molar-refractivity contribution in [3.63, 3.8) is 0 Å². The zero-order chi connectivity index (χ0) is 19.3. The van der Waals surface area contributed by atoms with Gasteiger partial charge in [0.05, 0.1) is 19.3 Å². The van der Waals surface area contributed by atoms with Crippen molar-refractivity contribution in [1.29, 1.82) is 0 Å². The van der Waals surface area contributed by atoms with Crippen molar-refractivity contribution in [3.05, 3.63) is 60.0 Å². The normalized spacial score (nSPS) is 15.4. The summed E-state index contributed by atoms with van der Waals surface area (Å²) in [6.07, 6.45) is 1.77. The molecule has 0 saturated carbocycles. The lowest BCUT2D eigenvalue weighted by atomic mass is 10.2. The lowest BCUT2D eigenvalue weighted by Crippen LogP contribution is -2.37. The van der Waals surface area contributed by atoms with E-state index in [9.17, 15) is 4.79 Å². The minimum Gasteiger partial charge on any atom is -0.459 e. The van der Waals surface area contributed by atoms with Crippen LogP contribution in [0.1, 0.15) is 24.3 Å². The zero-order valence-corrected chi connectivity index (χ0v) is 15.9. The minimum absolute atomic E-state index is 0.228. The van der Waals surface area contributed by atoms with Crippen LogP contribution in [0.5, 0.6) is 0 Å². The van der Waals surface area contributed by atoms with Gasteiger partial charge in [0.1, 0.15) is 17.2 Å². The number of urea groups is 1. The van der Waals surface area contributed by atoms with E-state index >= 15 is 0 Å². The molecule has 2 aromatic heterocycles. The number of para-hydroxylation sites is 1. The summed E-state index contributed by atoms with van der Waals surface area (Å²) >= 11 is 0. The molecule has 3 heterocycles. The number of hydrogen-bond acceptors (Lipinski definition) is 5. The predicted molar refractivity (Wildman–Crippen MR) is 107 cm³/mol. The molecule has 0 bridgehead atoms. The number of benzene rings is 1. The topological polar surface area (TPSA) is 79.6 Å². The highest BCUT2D eigenvalue weighted by Crippen LogP contribution is 2.23. The third-order valence-corrected chi connectivity index (χ3v) is 4.82. The molecule has 1 aromatic carbocycles. The van der Waals surface area contributed by atoms with Crippen LogP contribution in [0.2, 0.25) is 0 Å². The molecule has 1 fully saturated rings. The SMILES string of the molecule is C[C@@H](NC(=O)NCc1ccnc(N2CCOCC2)c1)c1cc2ccccc2o1. The predicted octanol–water partition coefficient (Wildman–Crippen LogP) is 3.22. The van der Waals surface area contributed by atoms with Gasteiger partial charge in [-0.3, -0.25) is 0 Å². The Labute approximate surface area is 163 Å². The summed E-state index contributed by atoms with van der Waals surface area (Å²) in [5, 5.41) is 6.85. The van der Waals surface area contributed by atoms with Gasteiger partial charge >= 0.3 is 6.03 Å². The number of nitrogens with zero attached hydrogens (tertiary/aromatic N) is 2. The van der Waals surface area contributed by atoms with Gasteiger partial charge in [-0.15, -0.1) is 0 Å². The van der Waals surface area contributed by atoms with Crippen LogP contribution in [0.3, 0.4) is 0 Å². The van der Waals surface area contributed by atoms with Crippen LogP contribution in [0.4, 0.5) is 10.6 Å². The number of aromatic nitrogens is 1. The van der Waals surface area contributed by atoms with Gasteiger partial charge in [-0.05, 0) is 36.8 Å². The molecule has 2 N–H and O–H groups in total. The lowest BCUT2D eigenvalue weighted by molar-refractivity contribution is 0.122. The van der Waals surface area contributed by atoms with Gasteiger partial charge in [-0.1, -0.05) is 18.2 Å². The Hall–Kier alpha value is -3.06. The minimum atomic E-state index is -0.238. The summed E-state index contributed by atoms with van der Waals surface area (Å²) < 4.78 is 11.2. The molecule has 0 unspecified atom stereocenters.